The lowest BCUT2D eigenvalue weighted by molar-refractivity contribution is 0.0935. The SMILES string of the molecule is COCCOc1ccc([C@@H](C)NC(=O)c2cc(Cl)ccc2F)cc1OC. The number of rotatable bonds is 8. The number of benzene rings is 2. The molecule has 0 aromatic heterocycles. The Morgan fingerprint density at radius 3 is 2.62 bits per heavy atom. The number of carbonyl (C=O) groups excluding carboxylic acids is 1. The molecule has 2 aromatic rings. The van der Waals surface area contributed by atoms with Gasteiger partial charge in [0.15, 0.2) is 11.5 Å². The minimum atomic E-state index is -0.626. The Balaban J connectivity index is 2.12. The van der Waals surface area contributed by atoms with E-state index in [2.05, 4.69) is 5.32 Å². The first-order valence-electron chi connectivity index (χ1n) is 8.01. The molecule has 0 heterocycles. The Hall–Kier alpha value is -2.31. The maximum atomic E-state index is 13.8. The van der Waals surface area contributed by atoms with E-state index in [9.17, 15) is 9.18 Å². The van der Waals surface area contributed by atoms with Crippen molar-refractivity contribution < 1.29 is 23.4 Å². The van der Waals surface area contributed by atoms with Crippen molar-refractivity contribution in [3.05, 3.63) is 58.4 Å². The Labute approximate surface area is 157 Å². The van der Waals surface area contributed by atoms with Crippen LogP contribution in [-0.4, -0.2) is 33.3 Å². The lowest BCUT2D eigenvalue weighted by atomic mass is 10.1. The van der Waals surface area contributed by atoms with E-state index in [4.69, 9.17) is 25.8 Å². The summed E-state index contributed by atoms with van der Waals surface area (Å²) in [5.41, 5.74) is 0.688. The Morgan fingerprint density at radius 1 is 1.15 bits per heavy atom. The topological polar surface area (TPSA) is 56.8 Å². The standard InChI is InChI=1S/C19H21ClFNO4/c1-12(22-19(23)15-11-14(20)5-6-16(15)21)13-4-7-17(18(10-13)25-3)26-9-8-24-2/h4-7,10-12H,8-9H2,1-3H3,(H,22,23)/t12-/m1/s1. The van der Waals surface area contributed by atoms with Crippen molar-refractivity contribution in [2.45, 2.75) is 13.0 Å². The number of hydrogen-bond acceptors (Lipinski definition) is 4. The summed E-state index contributed by atoms with van der Waals surface area (Å²) in [4.78, 5) is 12.3. The van der Waals surface area contributed by atoms with Gasteiger partial charge in [0.05, 0.1) is 25.3 Å². The monoisotopic (exact) mass is 381 g/mol. The van der Waals surface area contributed by atoms with Crippen LogP contribution in [-0.2, 0) is 4.74 Å². The fraction of sp³-hybridized carbons (Fsp3) is 0.316. The number of halogens is 2. The summed E-state index contributed by atoms with van der Waals surface area (Å²) in [6.45, 7) is 2.65. The van der Waals surface area contributed by atoms with Crippen molar-refractivity contribution >= 4 is 17.5 Å². The summed E-state index contributed by atoms with van der Waals surface area (Å²) in [5, 5.41) is 3.04. The molecule has 0 saturated heterocycles. The number of methoxy groups -OCH3 is 2. The average molecular weight is 382 g/mol. The molecule has 1 N–H and O–H groups in total. The summed E-state index contributed by atoms with van der Waals surface area (Å²) in [6.07, 6.45) is 0. The molecule has 0 radical (unpaired) electrons. The first-order chi connectivity index (χ1) is 12.5. The summed E-state index contributed by atoms with van der Waals surface area (Å²) >= 11 is 5.84. The zero-order valence-electron chi connectivity index (χ0n) is 14.8. The molecule has 0 unspecified atom stereocenters. The fourth-order valence-electron chi connectivity index (χ4n) is 2.34. The van der Waals surface area contributed by atoms with Gasteiger partial charge in [-0.1, -0.05) is 17.7 Å². The smallest absolute Gasteiger partial charge is 0.254 e. The van der Waals surface area contributed by atoms with Crippen molar-refractivity contribution in [2.24, 2.45) is 0 Å². The van der Waals surface area contributed by atoms with Gasteiger partial charge in [0.1, 0.15) is 12.4 Å². The number of ether oxygens (including phenoxy) is 3. The van der Waals surface area contributed by atoms with Crippen molar-refractivity contribution in [1.29, 1.82) is 0 Å². The molecule has 0 aliphatic heterocycles. The number of amides is 1. The van der Waals surface area contributed by atoms with Gasteiger partial charge in [-0.25, -0.2) is 4.39 Å². The molecule has 0 saturated carbocycles. The van der Waals surface area contributed by atoms with Crippen LogP contribution in [0.2, 0.25) is 5.02 Å². The second-order valence-corrected chi connectivity index (χ2v) is 6.01. The molecule has 26 heavy (non-hydrogen) atoms. The van der Waals surface area contributed by atoms with Gasteiger partial charge in [-0.15, -0.1) is 0 Å². The van der Waals surface area contributed by atoms with Gasteiger partial charge < -0.3 is 19.5 Å². The molecular formula is C19H21ClFNO4. The van der Waals surface area contributed by atoms with E-state index in [1.165, 1.54) is 19.2 Å². The van der Waals surface area contributed by atoms with E-state index in [1.54, 1.807) is 26.2 Å². The van der Waals surface area contributed by atoms with E-state index >= 15 is 0 Å². The van der Waals surface area contributed by atoms with Crippen LogP contribution >= 0.6 is 11.6 Å². The minimum Gasteiger partial charge on any atom is -0.493 e. The number of carbonyl (C=O) groups is 1. The molecule has 0 bridgehead atoms. The zero-order valence-corrected chi connectivity index (χ0v) is 15.6. The van der Waals surface area contributed by atoms with Crippen molar-refractivity contribution in [3.8, 4) is 11.5 Å². The maximum Gasteiger partial charge on any atom is 0.254 e. The van der Waals surface area contributed by atoms with E-state index in [0.29, 0.717) is 29.7 Å². The van der Waals surface area contributed by atoms with Gasteiger partial charge >= 0.3 is 0 Å². The van der Waals surface area contributed by atoms with Gasteiger partial charge in [-0.2, -0.15) is 0 Å². The van der Waals surface area contributed by atoms with Crippen LogP contribution in [0.4, 0.5) is 4.39 Å². The summed E-state index contributed by atoms with van der Waals surface area (Å²) in [7, 11) is 3.13. The Bertz CT molecular complexity index is 769. The van der Waals surface area contributed by atoms with Crippen molar-refractivity contribution in [2.75, 3.05) is 27.4 Å². The van der Waals surface area contributed by atoms with E-state index in [-0.39, 0.29) is 11.6 Å². The van der Waals surface area contributed by atoms with Crippen LogP contribution in [0.15, 0.2) is 36.4 Å². The van der Waals surface area contributed by atoms with Gasteiger partial charge in [0.2, 0.25) is 0 Å². The first-order valence-corrected chi connectivity index (χ1v) is 8.39. The molecule has 2 aromatic carbocycles. The molecule has 7 heteroatoms. The highest BCUT2D eigenvalue weighted by Gasteiger charge is 2.17. The fourth-order valence-corrected chi connectivity index (χ4v) is 2.51. The molecule has 0 fully saturated rings. The third-order valence-electron chi connectivity index (χ3n) is 3.75. The lowest BCUT2D eigenvalue weighted by Gasteiger charge is -2.17. The largest absolute Gasteiger partial charge is 0.493 e. The second kappa shape index (κ2) is 9.40. The zero-order chi connectivity index (χ0) is 19.1. The molecule has 0 spiro atoms. The van der Waals surface area contributed by atoms with Crippen molar-refractivity contribution in [1.82, 2.24) is 5.32 Å². The summed E-state index contributed by atoms with van der Waals surface area (Å²) in [6, 6.07) is 8.81. The van der Waals surface area contributed by atoms with Gasteiger partial charge in [-0.3, -0.25) is 4.79 Å². The highest BCUT2D eigenvalue weighted by Crippen LogP contribution is 2.30. The summed E-state index contributed by atoms with van der Waals surface area (Å²) < 4.78 is 29.7. The minimum absolute atomic E-state index is 0.101. The molecule has 1 amide bonds. The molecule has 0 aliphatic carbocycles. The summed E-state index contributed by atoms with van der Waals surface area (Å²) in [5.74, 6) is -0.0585. The molecular weight excluding hydrogens is 361 g/mol. The van der Waals surface area contributed by atoms with Gasteiger partial charge in [-0.05, 0) is 42.8 Å². The quantitative estimate of drug-likeness (QED) is 0.702. The molecule has 2 rings (SSSR count). The normalized spacial score (nSPS) is 11.7. The van der Waals surface area contributed by atoms with Crippen LogP contribution in [0.25, 0.3) is 0 Å². The predicted molar refractivity (Wildman–Crippen MR) is 97.7 cm³/mol. The first kappa shape index (κ1) is 20.0. The van der Waals surface area contributed by atoms with Gasteiger partial charge in [0.25, 0.3) is 5.91 Å². The number of nitrogens with one attached hydrogen (secondary N) is 1. The third-order valence-corrected chi connectivity index (χ3v) is 3.99. The van der Waals surface area contributed by atoms with Crippen molar-refractivity contribution in [3.63, 3.8) is 0 Å². The molecule has 0 aliphatic rings. The second-order valence-electron chi connectivity index (χ2n) is 5.57. The Kier molecular flexibility index (Phi) is 7.24. The molecule has 5 nitrogen and oxygen atoms in total. The maximum absolute atomic E-state index is 13.8. The lowest BCUT2D eigenvalue weighted by Crippen LogP contribution is -2.27. The highest BCUT2D eigenvalue weighted by molar-refractivity contribution is 6.31. The predicted octanol–water partition coefficient (Wildman–Crippen LogP) is 4.00. The third kappa shape index (κ3) is 5.09. The van der Waals surface area contributed by atoms with E-state index < -0.39 is 11.7 Å². The van der Waals surface area contributed by atoms with Crippen LogP contribution < -0.4 is 14.8 Å². The number of hydrogen-bond donors (Lipinski definition) is 1. The molecule has 1 atom stereocenters. The van der Waals surface area contributed by atoms with Crippen LogP contribution in [0.1, 0.15) is 28.9 Å². The van der Waals surface area contributed by atoms with E-state index in [0.717, 1.165) is 11.6 Å². The van der Waals surface area contributed by atoms with Crippen LogP contribution in [0, 0.1) is 5.82 Å². The molecule has 140 valence electrons. The van der Waals surface area contributed by atoms with E-state index in [1.807, 2.05) is 6.07 Å². The van der Waals surface area contributed by atoms with Crippen LogP contribution in [0.3, 0.4) is 0 Å². The Morgan fingerprint density at radius 2 is 1.92 bits per heavy atom. The highest BCUT2D eigenvalue weighted by atomic mass is 35.5. The average Bonchev–Trinajstić information content (AvgIpc) is 2.63. The van der Waals surface area contributed by atoms with Gasteiger partial charge in [0, 0.05) is 12.1 Å². The van der Waals surface area contributed by atoms with Crippen LogP contribution in [0.5, 0.6) is 11.5 Å².